The molecule has 1 saturated carbocycles. The Morgan fingerprint density at radius 3 is 2.72 bits per heavy atom. The molecule has 1 aromatic heterocycles. The molecule has 18 heavy (non-hydrogen) atoms. The maximum Gasteiger partial charge on any atom is 0.234 e. The second kappa shape index (κ2) is 5.36. The van der Waals surface area contributed by atoms with Gasteiger partial charge in [0.25, 0.3) is 0 Å². The molecule has 1 saturated heterocycles. The summed E-state index contributed by atoms with van der Waals surface area (Å²) in [6.45, 7) is 1.09. The molecule has 1 aliphatic carbocycles. The zero-order chi connectivity index (χ0) is 12.4. The highest BCUT2D eigenvalue weighted by atomic mass is 16.5. The van der Waals surface area contributed by atoms with Gasteiger partial charge in [0.2, 0.25) is 5.89 Å². The minimum absolute atomic E-state index is 0.149. The van der Waals surface area contributed by atoms with Gasteiger partial charge in [-0.3, -0.25) is 0 Å². The van der Waals surface area contributed by atoms with Crippen LogP contribution >= 0.6 is 0 Å². The summed E-state index contributed by atoms with van der Waals surface area (Å²) in [6.07, 6.45) is 6.36. The Labute approximate surface area is 107 Å². The summed E-state index contributed by atoms with van der Waals surface area (Å²) in [4.78, 5) is 4.49. The lowest BCUT2D eigenvalue weighted by Crippen LogP contribution is -2.30. The van der Waals surface area contributed by atoms with Gasteiger partial charge in [-0.25, -0.2) is 0 Å². The fourth-order valence-electron chi connectivity index (χ4n) is 2.89. The van der Waals surface area contributed by atoms with Crippen LogP contribution in [0.5, 0.6) is 0 Å². The minimum Gasteiger partial charge on any atom is -0.392 e. The molecule has 1 N–H and O–H groups in total. The minimum atomic E-state index is -0.418. The predicted molar refractivity (Wildman–Crippen MR) is 64.3 cm³/mol. The van der Waals surface area contributed by atoms with Gasteiger partial charge in [-0.1, -0.05) is 24.4 Å². The number of ether oxygens (including phenoxy) is 1. The average Bonchev–Trinajstić information content (AvgIpc) is 2.90. The Hall–Kier alpha value is -0.940. The highest BCUT2D eigenvalue weighted by molar-refractivity contribution is 5.02. The molecular formula is C13H20N2O3. The van der Waals surface area contributed by atoms with E-state index in [0.717, 1.165) is 18.7 Å². The maximum atomic E-state index is 9.93. The molecule has 0 amide bonds. The van der Waals surface area contributed by atoms with Gasteiger partial charge in [0.15, 0.2) is 5.82 Å². The first kappa shape index (κ1) is 12.1. The van der Waals surface area contributed by atoms with Gasteiger partial charge in [-0.2, -0.15) is 4.98 Å². The molecule has 0 spiro atoms. The van der Waals surface area contributed by atoms with E-state index in [1.165, 1.54) is 19.3 Å². The zero-order valence-electron chi connectivity index (χ0n) is 10.5. The fourth-order valence-corrected chi connectivity index (χ4v) is 2.89. The van der Waals surface area contributed by atoms with Crippen molar-refractivity contribution in [1.82, 2.24) is 10.1 Å². The SMILES string of the molecule is OC1CCOCC1c1nc(C2CCCCC2)no1. The summed E-state index contributed by atoms with van der Waals surface area (Å²) in [6, 6.07) is 0. The third-order valence-electron chi connectivity index (χ3n) is 4.06. The lowest BCUT2D eigenvalue weighted by Gasteiger charge is -2.24. The second-order valence-electron chi connectivity index (χ2n) is 5.36. The molecule has 3 rings (SSSR count). The van der Waals surface area contributed by atoms with E-state index in [4.69, 9.17) is 9.26 Å². The molecule has 0 radical (unpaired) electrons. The van der Waals surface area contributed by atoms with Crippen LogP contribution in [0.3, 0.4) is 0 Å². The molecule has 2 fully saturated rings. The van der Waals surface area contributed by atoms with Gasteiger partial charge in [0.05, 0.1) is 18.6 Å². The maximum absolute atomic E-state index is 9.93. The van der Waals surface area contributed by atoms with Crippen molar-refractivity contribution in [2.45, 2.75) is 56.5 Å². The van der Waals surface area contributed by atoms with Crippen molar-refractivity contribution in [2.24, 2.45) is 0 Å². The first-order chi connectivity index (χ1) is 8.84. The van der Waals surface area contributed by atoms with Crippen LogP contribution in [0.1, 0.15) is 62.1 Å². The van der Waals surface area contributed by atoms with E-state index in [-0.39, 0.29) is 5.92 Å². The van der Waals surface area contributed by atoms with Crippen LogP contribution in [0, 0.1) is 0 Å². The Bertz CT molecular complexity index is 387. The normalized spacial score (nSPS) is 30.5. The number of aliphatic hydroxyl groups excluding tert-OH is 1. The van der Waals surface area contributed by atoms with E-state index in [1.807, 2.05) is 0 Å². The topological polar surface area (TPSA) is 68.4 Å². The molecule has 1 aromatic rings. The number of nitrogens with zero attached hydrogens (tertiary/aromatic N) is 2. The number of aromatic nitrogens is 2. The van der Waals surface area contributed by atoms with Gasteiger partial charge >= 0.3 is 0 Å². The van der Waals surface area contributed by atoms with Crippen molar-refractivity contribution in [2.75, 3.05) is 13.2 Å². The number of rotatable bonds is 2. The van der Waals surface area contributed by atoms with Gasteiger partial charge in [0.1, 0.15) is 0 Å². The first-order valence-corrected chi connectivity index (χ1v) is 6.94. The fraction of sp³-hybridized carbons (Fsp3) is 0.846. The summed E-state index contributed by atoms with van der Waals surface area (Å²) in [5.41, 5.74) is 0. The average molecular weight is 252 g/mol. The van der Waals surface area contributed by atoms with Crippen molar-refractivity contribution < 1.29 is 14.4 Å². The van der Waals surface area contributed by atoms with Crippen molar-refractivity contribution in [1.29, 1.82) is 0 Å². The molecule has 2 aliphatic rings. The molecular weight excluding hydrogens is 232 g/mol. The van der Waals surface area contributed by atoms with Gasteiger partial charge in [-0.15, -0.1) is 0 Å². The van der Waals surface area contributed by atoms with Crippen LogP contribution in [0.15, 0.2) is 4.52 Å². The van der Waals surface area contributed by atoms with E-state index >= 15 is 0 Å². The van der Waals surface area contributed by atoms with E-state index in [0.29, 0.717) is 31.4 Å². The molecule has 2 unspecified atom stereocenters. The van der Waals surface area contributed by atoms with Crippen LogP contribution in [-0.2, 0) is 4.74 Å². The summed E-state index contributed by atoms with van der Waals surface area (Å²) >= 11 is 0. The van der Waals surface area contributed by atoms with Crippen molar-refractivity contribution in [3.05, 3.63) is 11.7 Å². The molecule has 2 heterocycles. The molecule has 5 heteroatoms. The largest absolute Gasteiger partial charge is 0.392 e. The summed E-state index contributed by atoms with van der Waals surface area (Å²) < 4.78 is 10.7. The van der Waals surface area contributed by atoms with Crippen molar-refractivity contribution in [3.8, 4) is 0 Å². The van der Waals surface area contributed by atoms with E-state index < -0.39 is 6.10 Å². The van der Waals surface area contributed by atoms with E-state index in [9.17, 15) is 5.11 Å². The van der Waals surface area contributed by atoms with Gasteiger partial charge in [-0.05, 0) is 19.3 Å². The van der Waals surface area contributed by atoms with E-state index in [2.05, 4.69) is 10.1 Å². The number of aliphatic hydroxyl groups is 1. The standard InChI is InChI=1S/C13H20N2O3/c16-11-6-7-17-8-10(11)13-14-12(15-18-13)9-4-2-1-3-5-9/h9-11,16H,1-8H2. The number of hydrogen-bond acceptors (Lipinski definition) is 5. The van der Waals surface area contributed by atoms with Crippen LogP contribution < -0.4 is 0 Å². The van der Waals surface area contributed by atoms with Crippen LogP contribution in [0.2, 0.25) is 0 Å². The molecule has 100 valence electrons. The quantitative estimate of drug-likeness (QED) is 0.871. The predicted octanol–water partition coefficient (Wildman–Crippen LogP) is 1.98. The molecule has 5 nitrogen and oxygen atoms in total. The lowest BCUT2D eigenvalue weighted by molar-refractivity contribution is -0.0149. The third-order valence-corrected chi connectivity index (χ3v) is 4.06. The second-order valence-corrected chi connectivity index (χ2v) is 5.36. The smallest absolute Gasteiger partial charge is 0.234 e. The molecule has 1 aliphatic heterocycles. The Balaban J connectivity index is 1.71. The van der Waals surface area contributed by atoms with Crippen molar-refractivity contribution >= 4 is 0 Å². The first-order valence-electron chi connectivity index (χ1n) is 6.94. The zero-order valence-corrected chi connectivity index (χ0v) is 10.5. The van der Waals surface area contributed by atoms with Crippen LogP contribution in [0.4, 0.5) is 0 Å². The van der Waals surface area contributed by atoms with E-state index in [1.54, 1.807) is 0 Å². The number of hydrogen-bond donors (Lipinski definition) is 1. The van der Waals surface area contributed by atoms with Crippen LogP contribution in [0.25, 0.3) is 0 Å². The van der Waals surface area contributed by atoms with Crippen LogP contribution in [-0.4, -0.2) is 34.6 Å². The van der Waals surface area contributed by atoms with Gasteiger partial charge < -0.3 is 14.4 Å². The summed E-state index contributed by atoms with van der Waals surface area (Å²) in [7, 11) is 0. The highest BCUT2D eigenvalue weighted by Crippen LogP contribution is 2.32. The highest BCUT2D eigenvalue weighted by Gasteiger charge is 2.31. The van der Waals surface area contributed by atoms with Gasteiger partial charge in [0, 0.05) is 12.5 Å². The summed E-state index contributed by atoms with van der Waals surface area (Å²) in [5.74, 6) is 1.66. The molecule has 0 aromatic carbocycles. The molecule has 0 bridgehead atoms. The summed E-state index contributed by atoms with van der Waals surface area (Å²) in [5, 5.41) is 14.0. The Morgan fingerprint density at radius 1 is 1.11 bits per heavy atom. The van der Waals surface area contributed by atoms with Crippen molar-refractivity contribution in [3.63, 3.8) is 0 Å². The lowest BCUT2D eigenvalue weighted by atomic mass is 9.89. The monoisotopic (exact) mass is 252 g/mol. The Kier molecular flexibility index (Phi) is 3.61. The Morgan fingerprint density at radius 2 is 1.94 bits per heavy atom. The third kappa shape index (κ3) is 2.42. The molecule has 2 atom stereocenters.